The van der Waals surface area contributed by atoms with Gasteiger partial charge in [0, 0.05) is 13.1 Å². The van der Waals surface area contributed by atoms with E-state index in [4.69, 9.17) is 5.26 Å². The molecule has 4 heteroatoms. The maximum absolute atomic E-state index is 11.9. The Bertz CT molecular complexity index is 313. The van der Waals surface area contributed by atoms with Crippen LogP contribution < -0.4 is 0 Å². The molecular formula is C13H20N2OS. The maximum atomic E-state index is 11.9. The van der Waals surface area contributed by atoms with Crippen LogP contribution in [0.3, 0.4) is 0 Å². The van der Waals surface area contributed by atoms with Crippen LogP contribution in [-0.4, -0.2) is 35.4 Å². The molecule has 94 valence electrons. The summed E-state index contributed by atoms with van der Waals surface area (Å²) in [7, 11) is 0. The second kappa shape index (κ2) is 6.30. The second-order valence-corrected chi connectivity index (χ2v) is 6.07. The summed E-state index contributed by atoms with van der Waals surface area (Å²) >= 11 is 1.43. The number of carbonyl (C=O) groups is 1. The highest BCUT2D eigenvalue weighted by atomic mass is 32.2. The minimum absolute atomic E-state index is 0.231. The van der Waals surface area contributed by atoms with Gasteiger partial charge in [-0.2, -0.15) is 5.26 Å². The number of thioether (sulfide) groups is 1. The molecule has 0 bridgehead atoms. The van der Waals surface area contributed by atoms with Gasteiger partial charge in [-0.15, -0.1) is 11.8 Å². The monoisotopic (exact) mass is 252 g/mol. The van der Waals surface area contributed by atoms with Gasteiger partial charge in [0.25, 0.3) is 0 Å². The van der Waals surface area contributed by atoms with Crippen LogP contribution in [0.25, 0.3) is 0 Å². The molecule has 2 aliphatic rings. The number of fused-ring (bicyclic) bond motifs is 1. The molecule has 1 aliphatic heterocycles. The van der Waals surface area contributed by atoms with Crippen LogP contribution >= 0.6 is 11.8 Å². The molecule has 0 aromatic heterocycles. The summed E-state index contributed by atoms with van der Waals surface area (Å²) in [4.78, 5) is 14.0. The number of hydrogen-bond donors (Lipinski definition) is 0. The summed E-state index contributed by atoms with van der Waals surface area (Å²) in [5.74, 6) is 2.76. The van der Waals surface area contributed by atoms with Gasteiger partial charge in [0.2, 0.25) is 5.91 Å². The molecule has 1 amide bonds. The lowest BCUT2D eigenvalue weighted by Gasteiger charge is -2.41. The first-order chi connectivity index (χ1) is 8.31. The predicted molar refractivity (Wildman–Crippen MR) is 69.6 cm³/mol. The van der Waals surface area contributed by atoms with E-state index in [9.17, 15) is 4.79 Å². The zero-order valence-corrected chi connectivity index (χ0v) is 11.0. The van der Waals surface area contributed by atoms with E-state index in [-0.39, 0.29) is 5.91 Å². The number of nitriles is 1. The Hall–Kier alpha value is -0.690. The number of likely N-dealkylation sites (tertiary alicyclic amines) is 1. The molecule has 2 rings (SSSR count). The highest BCUT2D eigenvalue weighted by Crippen LogP contribution is 2.36. The first-order valence-corrected chi connectivity index (χ1v) is 7.69. The van der Waals surface area contributed by atoms with Gasteiger partial charge in [0.05, 0.1) is 17.6 Å². The van der Waals surface area contributed by atoms with Gasteiger partial charge in [-0.3, -0.25) is 4.79 Å². The summed E-state index contributed by atoms with van der Waals surface area (Å²) in [6.07, 6.45) is 6.59. The Kier molecular flexibility index (Phi) is 4.73. The van der Waals surface area contributed by atoms with E-state index in [1.54, 1.807) is 0 Å². The van der Waals surface area contributed by atoms with Gasteiger partial charge < -0.3 is 4.90 Å². The lowest BCUT2D eigenvalue weighted by atomic mass is 9.75. The molecule has 1 aliphatic carbocycles. The number of nitrogens with zero attached hydrogens (tertiary/aromatic N) is 2. The second-order valence-electron chi connectivity index (χ2n) is 5.08. The average Bonchev–Trinajstić information content (AvgIpc) is 2.38. The quantitative estimate of drug-likeness (QED) is 0.724. The van der Waals surface area contributed by atoms with Crippen molar-refractivity contribution in [3.8, 4) is 6.07 Å². The molecule has 3 nitrogen and oxygen atoms in total. The molecule has 2 fully saturated rings. The fraction of sp³-hybridized carbons (Fsp3) is 0.846. The van der Waals surface area contributed by atoms with E-state index >= 15 is 0 Å². The van der Waals surface area contributed by atoms with Crippen molar-refractivity contribution in [2.45, 2.75) is 32.1 Å². The number of piperidine rings is 1. The summed E-state index contributed by atoms with van der Waals surface area (Å²) in [6, 6.07) is 2.06. The van der Waals surface area contributed by atoms with E-state index in [0.717, 1.165) is 24.9 Å². The molecule has 0 unspecified atom stereocenters. The fourth-order valence-electron chi connectivity index (χ4n) is 3.10. The predicted octanol–water partition coefficient (Wildman–Crippen LogP) is 2.28. The average molecular weight is 252 g/mol. The van der Waals surface area contributed by atoms with Gasteiger partial charge in [-0.05, 0) is 24.7 Å². The van der Waals surface area contributed by atoms with E-state index in [1.807, 2.05) is 4.90 Å². The molecule has 0 N–H and O–H groups in total. The lowest BCUT2D eigenvalue weighted by Crippen LogP contribution is -2.45. The number of amides is 1. The molecule has 0 aromatic rings. The normalized spacial score (nSPS) is 28.3. The van der Waals surface area contributed by atoms with Crippen LogP contribution in [0.4, 0.5) is 0 Å². The summed E-state index contributed by atoms with van der Waals surface area (Å²) in [5, 5.41) is 8.45. The van der Waals surface area contributed by atoms with Gasteiger partial charge in [0.1, 0.15) is 0 Å². The Balaban J connectivity index is 1.79. The molecular weight excluding hydrogens is 232 g/mol. The van der Waals surface area contributed by atoms with Crippen LogP contribution in [0.1, 0.15) is 32.1 Å². The Morgan fingerprint density at radius 1 is 1.29 bits per heavy atom. The summed E-state index contributed by atoms with van der Waals surface area (Å²) < 4.78 is 0. The van der Waals surface area contributed by atoms with Crippen LogP contribution in [0.2, 0.25) is 0 Å². The topological polar surface area (TPSA) is 44.1 Å². The van der Waals surface area contributed by atoms with Crippen LogP contribution in [0.15, 0.2) is 0 Å². The fourth-order valence-corrected chi connectivity index (χ4v) is 3.65. The number of carbonyl (C=O) groups excluding carboxylic acids is 1. The van der Waals surface area contributed by atoms with Crippen molar-refractivity contribution in [2.24, 2.45) is 11.8 Å². The Morgan fingerprint density at radius 3 is 2.82 bits per heavy atom. The van der Waals surface area contributed by atoms with Gasteiger partial charge in [-0.25, -0.2) is 0 Å². The first-order valence-electron chi connectivity index (χ1n) is 6.53. The molecule has 0 radical (unpaired) electrons. The molecule has 0 aromatic carbocycles. The standard InChI is InChI=1S/C13H20N2OS/c14-6-8-17-10-13(16)15-7-5-11-3-1-2-4-12(11)9-15/h11-12H,1-5,7-10H2/t11-,12-/m1/s1. The van der Waals surface area contributed by atoms with Crippen molar-refractivity contribution >= 4 is 17.7 Å². The minimum Gasteiger partial charge on any atom is -0.342 e. The van der Waals surface area contributed by atoms with E-state index in [0.29, 0.717) is 11.5 Å². The van der Waals surface area contributed by atoms with Crippen LogP contribution in [0, 0.1) is 23.2 Å². The number of hydrogen-bond acceptors (Lipinski definition) is 3. The summed E-state index contributed by atoms with van der Waals surface area (Å²) in [5.41, 5.74) is 0. The van der Waals surface area contributed by atoms with Crippen LogP contribution in [0.5, 0.6) is 0 Å². The van der Waals surface area contributed by atoms with E-state index in [2.05, 4.69) is 6.07 Å². The Morgan fingerprint density at radius 2 is 2.06 bits per heavy atom. The molecule has 1 saturated heterocycles. The van der Waals surface area contributed by atoms with Gasteiger partial charge >= 0.3 is 0 Å². The zero-order valence-electron chi connectivity index (χ0n) is 10.2. The van der Waals surface area contributed by atoms with E-state index in [1.165, 1.54) is 43.9 Å². The molecule has 17 heavy (non-hydrogen) atoms. The largest absolute Gasteiger partial charge is 0.342 e. The van der Waals surface area contributed by atoms with E-state index < -0.39 is 0 Å². The first kappa shape index (κ1) is 12.8. The Labute approximate surface area is 108 Å². The third kappa shape index (κ3) is 3.38. The zero-order chi connectivity index (χ0) is 12.1. The molecule has 0 spiro atoms. The molecule has 1 saturated carbocycles. The van der Waals surface area contributed by atoms with Gasteiger partial charge in [0.15, 0.2) is 0 Å². The lowest BCUT2D eigenvalue weighted by molar-refractivity contribution is -0.131. The third-order valence-corrected chi connectivity index (χ3v) is 4.82. The highest BCUT2D eigenvalue weighted by Gasteiger charge is 2.32. The van der Waals surface area contributed by atoms with Crippen molar-refractivity contribution in [1.29, 1.82) is 5.26 Å². The molecule has 2 atom stereocenters. The van der Waals surface area contributed by atoms with Crippen molar-refractivity contribution in [3.63, 3.8) is 0 Å². The smallest absolute Gasteiger partial charge is 0.232 e. The highest BCUT2D eigenvalue weighted by molar-refractivity contribution is 8.00. The van der Waals surface area contributed by atoms with Crippen molar-refractivity contribution in [1.82, 2.24) is 4.90 Å². The van der Waals surface area contributed by atoms with Gasteiger partial charge in [-0.1, -0.05) is 19.3 Å². The molecule has 1 heterocycles. The SMILES string of the molecule is N#CCSCC(=O)N1CC[C@H]2CCCC[C@@H]2C1. The van der Waals surface area contributed by atoms with Crippen LogP contribution in [-0.2, 0) is 4.79 Å². The van der Waals surface area contributed by atoms with Crippen molar-refractivity contribution in [3.05, 3.63) is 0 Å². The van der Waals surface area contributed by atoms with Crippen molar-refractivity contribution in [2.75, 3.05) is 24.6 Å². The number of rotatable bonds is 3. The van der Waals surface area contributed by atoms with Crippen molar-refractivity contribution < 1.29 is 4.79 Å². The summed E-state index contributed by atoms with van der Waals surface area (Å²) in [6.45, 7) is 1.91. The third-order valence-electron chi connectivity index (χ3n) is 4.04. The minimum atomic E-state index is 0.231. The maximum Gasteiger partial charge on any atom is 0.232 e.